The number of hydrogen-bond acceptors (Lipinski definition) is 4. The molecule has 3 aromatic rings. The van der Waals surface area contributed by atoms with Gasteiger partial charge in [-0.25, -0.2) is 9.67 Å². The Morgan fingerprint density at radius 2 is 2.20 bits per heavy atom. The molecule has 0 unspecified atom stereocenters. The lowest BCUT2D eigenvalue weighted by Gasteiger charge is -2.10. The summed E-state index contributed by atoms with van der Waals surface area (Å²) in [6.07, 6.45) is 3.38. The Labute approximate surface area is 120 Å². The first-order valence-electron chi connectivity index (χ1n) is 6.58. The molecule has 3 heterocycles. The van der Waals surface area contributed by atoms with Crippen molar-refractivity contribution in [1.82, 2.24) is 19.3 Å². The van der Waals surface area contributed by atoms with Crippen molar-refractivity contribution in [2.45, 2.75) is 26.9 Å². The zero-order valence-corrected chi connectivity index (χ0v) is 12.3. The van der Waals surface area contributed by atoms with Gasteiger partial charge in [-0.05, 0) is 23.4 Å². The Balaban J connectivity index is 1.95. The SMILES string of the molecule is CC(C)Cn1ncnc1Cn1ccc2sccc2c1=O. The topological polar surface area (TPSA) is 52.7 Å². The highest BCUT2D eigenvalue weighted by atomic mass is 32.1. The van der Waals surface area contributed by atoms with Crippen molar-refractivity contribution in [3.8, 4) is 0 Å². The van der Waals surface area contributed by atoms with Crippen LogP contribution in [-0.4, -0.2) is 19.3 Å². The van der Waals surface area contributed by atoms with E-state index in [1.165, 1.54) is 0 Å². The van der Waals surface area contributed by atoms with Gasteiger partial charge >= 0.3 is 0 Å². The van der Waals surface area contributed by atoms with Crippen molar-refractivity contribution in [2.24, 2.45) is 5.92 Å². The fraction of sp³-hybridized carbons (Fsp3) is 0.357. The van der Waals surface area contributed by atoms with Crippen LogP contribution in [0.1, 0.15) is 19.7 Å². The maximum Gasteiger partial charge on any atom is 0.259 e. The lowest BCUT2D eigenvalue weighted by Crippen LogP contribution is -2.22. The fourth-order valence-corrected chi connectivity index (χ4v) is 2.97. The summed E-state index contributed by atoms with van der Waals surface area (Å²) in [5, 5.41) is 6.94. The molecule has 0 fully saturated rings. The summed E-state index contributed by atoms with van der Waals surface area (Å²) < 4.78 is 4.58. The molecule has 0 amide bonds. The van der Waals surface area contributed by atoms with E-state index in [1.54, 1.807) is 22.2 Å². The summed E-state index contributed by atoms with van der Waals surface area (Å²) in [4.78, 5) is 16.6. The molecule has 0 aromatic carbocycles. The standard InChI is InChI=1S/C14H16N4OS/c1-10(2)7-18-13(15-9-16-18)8-17-5-3-12-11(14(17)19)4-6-20-12/h3-6,9-10H,7-8H2,1-2H3. The number of fused-ring (bicyclic) bond motifs is 1. The van der Waals surface area contributed by atoms with Crippen LogP contribution in [0, 0.1) is 5.92 Å². The molecule has 0 aliphatic rings. The molecule has 0 bridgehead atoms. The quantitative estimate of drug-likeness (QED) is 0.740. The maximum absolute atomic E-state index is 12.4. The van der Waals surface area contributed by atoms with Crippen molar-refractivity contribution in [2.75, 3.05) is 0 Å². The molecule has 6 heteroatoms. The molecular weight excluding hydrogens is 272 g/mol. The summed E-state index contributed by atoms with van der Waals surface area (Å²) in [7, 11) is 0. The van der Waals surface area contributed by atoms with E-state index in [-0.39, 0.29) is 5.56 Å². The van der Waals surface area contributed by atoms with Gasteiger partial charge in [-0.1, -0.05) is 13.8 Å². The van der Waals surface area contributed by atoms with Crippen LogP contribution in [0.3, 0.4) is 0 Å². The van der Waals surface area contributed by atoms with Gasteiger partial charge in [-0.3, -0.25) is 4.79 Å². The van der Waals surface area contributed by atoms with Crippen LogP contribution in [0.25, 0.3) is 10.1 Å². The van der Waals surface area contributed by atoms with Crippen LogP contribution in [0.4, 0.5) is 0 Å². The lowest BCUT2D eigenvalue weighted by molar-refractivity contribution is 0.460. The summed E-state index contributed by atoms with van der Waals surface area (Å²) in [5.41, 5.74) is 0.0304. The molecule has 3 aromatic heterocycles. The molecule has 0 saturated carbocycles. The van der Waals surface area contributed by atoms with Gasteiger partial charge in [0.15, 0.2) is 0 Å². The van der Waals surface area contributed by atoms with Crippen molar-refractivity contribution >= 4 is 21.4 Å². The Kier molecular flexibility index (Phi) is 3.40. The van der Waals surface area contributed by atoms with Gasteiger partial charge in [0.05, 0.1) is 11.9 Å². The van der Waals surface area contributed by atoms with Gasteiger partial charge in [0.1, 0.15) is 12.2 Å². The van der Waals surface area contributed by atoms with E-state index < -0.39 is 0 Å². The number of aromatic nitrogens is 4. The molecule has 0 aliphatic carbocycles. The van der Waals surface area contributed by atoms with Crippen LogP contribution in [0.5, 0.6) is 0 Å². The second-order valence-electron chi connectivity index (χ2n) is 5.20. The first kappa shape index (κ1) is 13.1. The van der Waals surface area contributed by atoms with E-state index in [0.717, 1.165) is 22.5 Å². The number of nitrogens with zero attached hydrogens (tertiary/aromatic N) is 4. The summed E-state index contributed by atoms with van der Waals surface area (Å²) >= 11 is 1.58. The zero-order chi connectivity index (χ0) is 14.1. The molecule has 5 nitrogen and oxygen atoms in total. The van der Waals surface area contributed by atoms with Crippen LogP contribution in [0.2, 0.25) is 0 Å². The average molecular weight is 288 g/mol. The van der Waals surface area contributed by atoms with Crippen molar-refractivity contribution < 1.29 is 0 Å². The minimum atomic E-state index is 0.0304. The van der Waals surface area contributed by atoms with Crippen LogP contribution >= 0.6 is 11.3 Å². The number of thiophene rings is 1. The van der Waals surface area contributed by atoms with Gasteiger partial charge in [0.2, 0.25) is 0 Å². The normalized spacial score (nSPS) is 11.6. The number of hydrogen-bond donors (Lipinski definition) is 0. The monoisotopic (exact) mass is 288 g/mol. The summed E-state index contributed by atoms with van der Waals surface area (Å²) in [5.74, 6) is 1.31. The van der Waals surface area contributed by atoms with Crippen LogP contribution in [-0.2, 0) is 13.1 Å². The molecule has 0 atom stereocenters. The predicted octanol–water partition coefficient (Wildman–Crippen LogP) is 2.36. The largest absolute Gasteiger partial charge is 0.307 e. The van der Waals surface area contributed by atoms with E-state index in [0.29, 0.717) is 12.5 Å². The van der Waals surface area contributed by atoms with Crippen LogP contribution in [0.15, 0.2) is 34.8 Å². The van der Waals surface area contributed by atoms with Gasteiger partial charge in [0.25, 0.3) is 5.56 Å². The van der Waals surface area contributed by atoms with Gasteiger partial charge in [0, 0.05) is 17.4 Å². The Morgan fingerprint density at radius 1 is 1.35 bits per heavy atom. The van der Waals surface area contributed by atoms with E-state index >= 15 is 0 Å². The molecule has 0 spiro atoms. The second kappa shape index (κ2) is 5.20. The maximum atomic E-state index is 12.4. The predicted molar refractivity (Wildman–Crippen MR) is 80.0 cm³/mol. The fourth-order valence-electron chi connectivity index (χ4n) is 2.19. The highest BCUT2D eigenvalue weighted by Gasteiger charge is 2.09. The Hall–Kier alpha value is -1.95. The first-order chi connectivity index (χ1) is 9.65. The van der Waals surface area contributed by atoms with Crippen molar-refractivity contribution in [3.05, 3.63) is 46.2 Å². The highest BCUT2D eigenvalue weighted by Crippen LogP contribution is 2.16. The lowest BCUT2D eigenvalue weighted by atomic mass is 10.2. The first-order valence-corrected chi connectivity index (χ1v) is 7.46. The van der Waals surface area contributed by atoms with E-state index in [9.17, 15) is 4.79 Å². The molecular formula is C14H16N4OS. The molecule has 0 radical (unpaired) electrons. The van der Waals surface area contributed by atoms with E-state index in [2.05, 4.69) is 23.9 Å². The zero-order valence-electron chi connectivity index (χ0n) is 11.5. The van der Waals surface area contributed by atoms with Gasteiger partial charge in [-0.15, -0.1) is 11.3 Å². The summed E-state index contributed by atoms with van der Waals surface area (Å²) in [6.45, 7) is 5.53. The van der Waals surface area contributed by atoms with E-state index in [1.807, 2.05) is 28.4 Å². The third-order valence-corrected chi connectivity index (χ3v) is 4.02. The summed E-state index contributed by atoms with van der Waals surface area (Å²) in [6, 6.07) is 3.85. The highest BCUT2D eigenvalue weighted by molar-refractivity contribution is 7.17. The van der Waals surface area contributed by atoms with E-state index in [4.69, 9.17) is 0 Å². The minimum absolute atomic E-state index is 0.0304. The van der Waals surface area contributed by atoms with Gasteiger partial charge in [-0.2, -0.15) is 5.10 Å². The van der Waals surface area contributed by atoms with Gasteiger partial charge < -0.3 is 4.57 Å². The number of pyridine rings is 1. The average Bonchev–Trinajstić information content (AvgIpc) is 3.02. The minimum Gasteiger partial charge on any atom is -0.307 e. The molecule has 3 rings (SSSR count). The Morgan fingerprint density at radius 3 is 3.00 bits per heavy atom. The molecule has 20 heavy (non-hydrogen) atoms. The Bertz CT molecular complexity index is 784. The molecule has 0 aliphatic heterocycles. The number of rotatable bonds is 4. The molecule has 104 valence electrons. The molecule has 0 N–H and O–H groups in total. The third-order valence-electron chi connectivity index (χ3n) is 3.14. The third kappa shape index (κ3) is 2.38. The smallest absolute Gasteiger partial charge is 0.259 e. The van der Waals surface area contributed by atoms with Crippen molar-refractivity contribution in [3.63, 3.8) is 0 Å². The second-order valence-corrected chi connectivity index (χ2v) is 6.15. The van der Waals surface area contributed by atoms with Crippen LogP contribution < -0.4 is 5.56 Å². The molecule has 0 saturated heterocycles. The van der Waals surface area contributed by atoms with Crippen molar-refractivity contribution in [1.29, 1.82) is 0 Å².